The van der Waals surface area contributed by atoms with E-state index in [2.05, 4.69) is 16.9 Å². The third-order valence-electron chi connectivity index (χ3n) is 7.14. The minimum Gasteiger partial charge on any atom is -0.381 e. The summed E-state index contributed by atoms with van der Waals surface area (Å²) in [5, 5.41) is 14.3. The van der Waals surface area contributed by atoms with Crippen LogP contribution < -0.4 is 11.1 Å². The Labute approximate surface area is 248 Å². The number of nitrogen functional groups attached to an aromatic ring is 1. The maximum Gasteiger partial charge on any atom is 0.263 e. The highest BCUT2D eigenvalue weighted by Gasteiger charge is 2.41. The Morgan fingerprint density at radius 2 is 1.88 bits per heavy atom. The molecule has 0 radical (unpaired) electrons. The van der Waals surface area contributed by atoms with Crippen molar-refractivity contribution in [1.82, 2.24) is 20.1 Å². The van der Waals surface area contributed by atoms with Crippen molar-refractivity contribution in [3.63, 3.8) is 0 Å². The van der Waals surface area contributed by atoms with Gasteiger partial charge in [0.2, 0.25) is 0 Å². The van der Waals surface area contributed by atoms with E-state index in [-0.39, 0.29) is 28.7 Å². The molecule has 1 fully saturated rings. The summed E-state index contributed by atoms with van der Waals surface area (Å²) < 4.78 is 0. The molecule has 41 heavy (non-hydrogen) atoms. The summed E-state index contributed by atoms with van der Waals surface area (Å²) in [5.74, 6) is -1.26. The molecule has 2 aromatic carbocycles. The molecule has 1 aromatic heterocycles. The lowest BCUT2D eigenvalue weighted by molar-refractivity contribution is -0.148. The van der Waals surface area contributed by atoms with Crippen LogP contribution in [-0.2, 0) is 22.6 Å². The van der Waals surface area contributed by atoms with Crippen molar-refractivity contribution in [3.05, 3.63) is 94.5 Å². The van der Waals surface area contributed by atoms with E-state index >= 15 is 0 Å². The zero-order valence-corrected chi connectivity index (χ0v) is 25.0. The molecule has 4 atom stereocenters. The number of nitrogens with two attached hydrogens (primary N) is 1. The summed E-state index contributed by atoms with van der Waals surface area (Å²) in [6, 6.07) is 15.2. The second kappa shape index (κ2) is 13.3. The molecule has 1 saturated heterocycles. The Hall–Kier alpha value is -3.67. The SMILES string of the molecule is C=C[C@H]1C(=O)N(Cc2ccccc2C)C(C)SCN1C(=O)[C@@H](O)[C@H](Cc1ccccc1)NC(=O)c1sc(N)nc1C. The van der Waals surface area contributed by atoms with Gasteiger partial charge in [-0.25, -0.2) is 4.98 Å². The van der Waals surface area contributed by atoms with Gasteiger partial charge in [-0.15, -0.1) is 18.3 Å². The molecule has 1 unspecified atom stereocenters. The molecule has 3 aromatic rings. The molecule has 9 nitrogen and oxygen atoms in total. The number of aryl methyl sites for hydroxylation is 2. The number of nitrogens with zero attached hydrogens (tertiary/aromatic N) is 3. The number of aliphatic hydroxyl groups excluding tert-OH is 1. The molecule has 4 rings (SSSR count). The smallest absolute Gasteiger partial charge is 0.263 e. The van der Waals surface area contributed by atoms with Crippen molar-refractivity contribution < 1.29 is 19.5 Å². The number of rotatable bonds is 9. The number of amides is 3. The predicted molar refractivity (Wildman–Crippen MR) is 163 cm³/mol. The van der Waals surface area contributed by atoms with Crippen molar-refractivity contribution >= 4 is 46.0 Å². The highest BCUT2D eigenvalue weighted by molar-refractivity contribution is 7.99. The third-order valence-corrected chi connectivity index (χ3v) is 9.29. The summed E-state index contributed by atoms with van der Waals surface area (Å²) >= 11 is 2.46. The average molecular weight is 594 g/mol. The van der Waals surface area contributed by atoms with E-state index in [4.69, 9.17) is 5.73 Å². The fourth-order valence-electron chi connectivity index (χ4n) is 4.76. The summed E-state index contributed by atoms with van der Waals surface area (Å²) in [7, 11) is 0. The standard InChI is InChI=1S/C30H35N5O4S2/c1-5-24-28(38)34(16-22-14-10-9-11-18(22)2)20(4)40-17-35(24)29(39)25(36)23(15-21-12-7-6-8-13-21)33-27(37)26-19(3)32-30(31)41-26/h5-14,20,23-25,36H,1,15-17H2,2-4H3,(H2,31,32)(H,33,37)/t20?,23-,24-,25-/m0/s1. The number of benzene rings is 2. The molecule has 0 bridgehead atoms. The van der Waals surface area contributed by atoms with Gasteiger partial charge in [-0.05, 0) is 43.9 Å². The molecular weight excluding hydrogens is 558 g/mol. The van der Waals surface area contributed by atoms with E-state index in [0.717, 1.165) is 28.0 Å². The van der Waals surface area contributed by atoms with E-state index < -0.39 is 30.0 Å². The first-order chi connectivity index (χ1) is 19.6. The normalized spacial score (nSPS) is 18.9. The fraction of sp³-hybridized carbons (Fsp3) is 0.333. The highest BCUT2D eigenvalue weighted by Crippen LogP contribution is 2.28. The van der Waals surface area contributed by atoms with Crippen molar-refractivity contribution in [2.75, 3.05) is 11.6 Å². The van der Waals surface area contributed by atoms with Crippen LogP contribution in [0.25, 0.3) is 0 Å². The number of nitrogens with one attached hydrogen (secondary N) is 1. The third kappa shape index (κ3) is 6.98. The van der Waals surface area contributed by atoms with Crippen molar-refractivity contribution in [3.8, 4) is 0 Å². The van der Waals surface area contributed by atoms with Crippen LogP contribution in [0, 0.1) is 13.8 Å². The lowest BCUT2D eigenvalue weighted by Gasteiger charge is -2.32. The van der Waals surface area contributed by atoms with Gasteiger partial charge in [0.05, 0.1) is 23.0 Å². The number of thioether (sulfide) groups is 1. The Morgan fingerprint density at radius 1 is 1.20 bits per heavy atom. The van der Waals surface area contributed by atoms with Crippen LogP contribution in [0.5, 0.6) is 0 Å². The molecule has 3 amide bonds. The van der Waals surface area contributed by atoms with Gasteiger partial charge in [-0.1, -0.05) is 72.0 Å². The molecule has 11 heteroatoms. The number of thiazole rings is 1. The van der Waals surface area contributed by atoms with E-state index in [0.29, 0.717) is 17.1 Å². The summed E-state index contributed by atoms with van der Waals surface area (Å²) in [5.41, 5.74) is 9.16. The maximum atomic E-state index is 13.9. The van der Waals surface area contributed by atoms with Gasteiger partial charge in [-0.2, -0.15) is 0 Å². The summed E-state index contributed by atoms with van der Waals surface area (Å²) in [6.45, 7) is 9.83. The number of aromatic nitrogens is 1. The van der Waals surface area contributed by atoms with Crippen molar-refractivity contribution in [2.45, 2.75) is 57.3 Å². The first-order valence-electron chi connectivity index (χ1n) is 13.3. The maximum absolute atomic E-state index is 13.9. The second-order valence-electron chi connectivity index (χ2n) is 9.96. The van der Waals surface area contributed by atoms with Crippen molar-refractivity contribution in [2.24, 2.45) is 0 Å². The molecule has 1 aliphatic rings. The summed E-state index contributed by atoms with van der Waals surface area (Å²) in [6.07, 6.45) is -0.000155. The molecule has 216 valence electrons. The number of carbonyl (C=O) groups is 3. The van der Waals surface area contributed by atoms with E-state index in [1.54, 1.807) is 11.8 Å². The van der Waals surface area contributed by atoms with E-state index in [1.165, 1.54) is 22.7 Å². The Bertz CT molecular complexity index is 1410. The zero-order chi connectivity index (χ0) is 29.7. The minimum atomic E-state index is -1.63. The lowest BCUT2D eigenvalue weighted by atomic mass is 9.99. The first kappa shape index (κ1) is 30.3. The predicted octanol–water partition coefficient (Wildman–Crippen LogP) is 3.51. The van der Waals surface area contributed by atoms with Gasteiger partial charge >= 0.3 is 0 Å². The second-order valence-corrected chi connectivity index (χ2v) is 12.3. The molecule has 1 aliphatic heterocycles. The fourth-order valence-corrected chi connectivity index (χ4v) is 6.52. The van der Waals surface area contributed by atoms with Crippen LogP contribution in [-0.4, -0.2) is 67.1 Å². The quantitative estimate of drug-likeness (QED) is 0.324. The Balaban J connectivity index is 1.59. The number of hydrogen-bond donors (Lipinski definition) is 3. The average Bonchev–Trinajstić information content (AvgIpc) is 3.25. The Kier molecular flexibility index (Phi) is 9.85. The first-order valence-corrected chi connectivity index (χ1v) is 15.1. The highest BCUT2D eigenvalue weighted by atomic mass is 32.2. The van der Waals surface area contributed by atoms with Crippen LogP contribution in [0.1, 0.15) is 39.0 Å². The molecule has 0 saturated carbocycles. The molecular formula is C30H35N5O4S2. The largest absolute Gasteiger partial charge is 0.381 e. The van der Waals surface area contributed by atoms with Crippen LogP contribution >= 0.6 is 23.1 Å². The van der Waals surface area contributed by atoms with Crippen LogP contribution in [0.4, 0.5) is 5.13 Å². The topological polar surface area (TPSA) is 129 Å². The number of anilines is 1. The van der Waals surface area contributed by atoms with Crippen LogP contribution in [0.3, 0.4) is 0 Å². The molecule has 0 spiro atoms. The van der Waals surface area contributed by atoms with Gasteiger partial charge in [0, 0.05) is 6.54 Å². The van der Waals surface area contributed by atoms with Gasteiger partial charge in [0.1, 0.15) is 10.9 Å². The lowest BCUT2D eigenvalue weighted by Crippen LogP contribution is -2.56. The van der Waals surface area contributed by atoms with Crippen molar-refractivity contribution in [1.29, 1.82) is 0 Å². The Morgan fingerprint density at radius 3 is 2.51 bits per heavy atom. The van der Waals surface area contributed by atoms with Gasteiger partial charge in [0.25, 0.3) is 17.7 Å². The zero-order valence-electron chi connectivity index (χ0n) is 23.3. The van der Waals surface area contributed by atoms with Gasteiger partial charge in [0.15, 0.2) is 11.2 Å². The number of aliphatic hydroxyl groups is 1. The van der Waals surface area contributed by atoms with Crippen LogP contribution in [0.15, 0.2) is 67.3 Å². The molecule has 0 aliphatic carbocycles. The number of hydrogen-bond acceptors (Lipinski definition) is 8. The monoisotopic (exact) mass is 593 g/mol. The van der Waals surface area contributed by atoms with Crippen LogP contribution in [0.2, 0.25) is 0 Å². The van der Waals surface area contributed by atoms with Gasteiger partial charge < -0.3 is 26.0 Å². The summed E-state index contributed by atoms with van der Waals surface area (Å²) in [4.78, 5) is 48.3. The molecule has 2 heterocycles. The van der Waals surface area contributed by atoms with Gasteiger partial charge in [-0.3, -0.25) is 14.4 Å². The van der Waals surface area contributed by atoms with E-state index in [9.17, 15) is 19.5 Å². The minimum absolute atomic E-state index is 0.167. The number of carbonyl (C=O) groups excluding carboxylic acids is 3. The van der Waals surface area contributed by atoms with E-state index in [1.807, 2.05) is 68.4 Å². The molecule has 4 N–H and O–H groups in total.